The van der Waals surface area contributed by atoms with Crippen LogP contribution in [-0.2, 0) is 6.42 Å². The van der Waals surface area contributed by atoms with E-state index in [1.54, 1.807) is 0 Å². The molecule has 2 aromatic rings. The Morgan fingerprint density at radius 2 is 2.12 bits per heavy atom. The highest BCUT2D eigenvalue weighted by molar-refractivity contribution is 6.31. The lowest BCUT2D eigenvalue weighted by Gasteiger charge is -2.05. The lowest BCUT2D eigenvalue weighted by Crippen LogP contribution is -2.01. The summed E-state index contributed by atoms with van der Waals surface area (Å²) in [4.78, 5) is 0. The lowest BCUT2D eigenvalue weighted by molar-refractivity contribution is 0.961. The Labute approximate surface area is 101 Å². The Kier molecular flexibility index (Phi) is 3.32. The van der Waals surface area contributed by atoms with Gasteiger partial charge in [-0.05, 0) is 49.2 Å². The highest BCUT2D eigenvalue weighted by Crippen LogP contribution is 2.20. The van der Waals surface area contributed by atoms with Crippen LogP contribution in [0.1, 0.15) is 11.1 Å². The fraction of sp³-hybridized carbons (Fsp3) is 0.231. The lowest BCUT2D eigenvalue weighted by atomic mass is 10.2. The zero-order valence-electron chi connectivity index (χ0n) is 9.28. The minimum absolute atomic E-state index is 0.679. The van der Waals surface area contributed by atoms with Gasteiger partial charge < -0.3 is 10.3 Å². The maximum atomic E-state index is 6.10. The molecule has 0 aliphatic heterocycles. The molecule has 0 bridgehead atoms. The van der Waals surface area contributed by atoms with Gasteiger partial charge in [0.1, 0.15) is 0 Å². The molecule has 0 fully saturated rings. The van der Waals surface area contributed by atoms with Crippen LogP contribution in [-0.4, -0.2) is 11.1 Å². The molecule has 0 spiro atoms. The third-order valence-corrected chi connectivity index (χ3v) is 3.05. The van der Waals surface area contributed by atoms with Crippen LogP contribution < -0.4 is 5.73 Å². The number of aromatic nitrogens is 1. The summed E-state index contributed by atoms with van der Waals surface area (Å²) >= 11 is 6.10. The fourth-order valence-corrected chi connectivity index (χ4v) is 1.83. The second-order valence-electron chi connectivity index (χ2n) is 3.90. The molecule has 0 atom stereocenters. The smallest absolute Gasteiger partial charge is 0.0464 e. The molecule has 0 radical (unpaired) electrons. The third kappa shape index (κ3) is 2.29. The van der Waals surface area contributed by atoms with Crippen LogP contribution in [0, 0.1) is 6.92 Å². The summed E-state index contributed by atoms with van der Waals surface area (Å²) in [6, 6.07) is 8.15. The zero-order chi connectivity index (χ0) is 11.5. The Hall–Kier alpha value is -1.25. The van der Waals surface area contributed by atoms with Gasteiger partial charge in [-0.1, -0.05) is 17.7 Å². The van der Waals surface area contributed by atoms with Crippen LogP contribution in [0.2, 0.25) is 5.02 Å². The van der Waals surface area contributed by atoms with E-state index in [2.05, 4.69) is 22.9 Å². The summed E-state index contributed by atoms with van der Waals surface area (Å²) in [5.74, 6) is 0. The first-order valence-electron chi connectivity index (χ1n) is 5.34. The molecule has 0 amide bonds. The van der Waals surface area contributed by atoms with E-state index in [1.165, 1.54) is 5.56 Å². The molecule has 2 N–H and O–H groups in total. The Morgan fingerprint density at radius 3 is 2.81 bits per heavy atom. The van der Waals surface area contributed by atoms with Gasteiger partial charge in [0.2, 0.25) is 0 Å². The average Bonchev–Trinajstić information content (AvgIpc) is 2.71. The predicted octanol–water partition coefficient (Wildman–Crippen LogP) is 2.94. The maximum absolute atomic E-state index is 6.10. The molecule has 2 nitrogen and oxygen atoms in total. The van der Waals surface area contributed by atoms with Crippen molar-refractivity contribution in [2.75, 3.05) is 6.54 Å². The summed E-state index contributed by atoms with van der Waals surface area (Å²) in [6.45, 7) is 2.68. The van der Waals surface area contributed by atoms with Crippen LogP contribution in [0.15, 0.2) is 36.7 Å². The van der Waals surface area contributed by atoms with Gasteiger partial charge in [-0.3, -0.25) is 0 Å². The molecule has 1 aromatic heterocycles. The van der Waals surface area contributed by atoms with Crippen LogP contribution in [0.3, 0.4) is 0 Å². The Balaban J connectivity index is 2.31. The number of benzene rings is 1. The van der Waals surface area contributed by atoms with Crippen molar-refractivity contribution < 1.29 is 0 Å². The summed E-state index contributed by atoms with van der Waals surface area (Å²) in [7, 11) is 0. The fourth-order valence-electron chi connectivity index (χ4n) is 1.66. The summed E-state index contributed by atoms with van der Waals surface area (Å²) in [6.07, 6.45) is 5.03. The first-order valence-corrected chi connectivity index (χ1v) is 5.72. The van der Waals surface area contributed by atoms with E-state index < -0.39 is 0 Å². The van der Waals surface area contributed by atoms with Crippen LogP contribution in [0.5, 0.6) is 0 Å². The number of nitrogens with two attached hydrogens (primary N) is 1. The molecule has 2 rings (SSSR count). The van der Waals surface area contributed by atoms with E-state index in [4.69, 9.17) is 17.3 Å². The van der Waals surface area contributed by atoms with Gasteiger partial charge in [-0.25, -0.2) is 0 Å². The van der Waals surface area contributed by atoms with Crippen molar-refractivity contribution in [2.24, 2.45) is 5.73 Å². The van der Waals surface area contributed by atoms with Gasteiger partial charge in [-0.2, -0.15) is 0 Å². The molecule has 3 heteroatoms. The first-order chi connectivity index (χ1) is 7.70. The van der Waals surface area contributed by atoms with Crippen LogP contribution in [0.25, 0.3) is 5.69 Å². The van der Waals surface area contributed by atoms with Gasteiger partial charge >= 0.3 is 0 Å². The Bertz CT molecular complexity index is 488. The van der Waals surface area contributed by atoms with E-state index in [1.807, 2.05) is 25.3 Å². The molecule has 0 aliphatic carbocycles. The molecular formula is C13H15ClN2. The van der Waals surface area contributed by atoms with Crippen molar-refractivity contribution in [2.45, 2.75) is 13.3 Å². The van der Waals surface area contributed by atoms with Crippen molar-refractivity contribution in [1.29, 1.82) is 0 Å². The summed E-state index contributed by atoms with van der Waals surface area (Å²) < 4.78 is 2.07. The second-order valence-corrected chi connectivity index (χ2v) is 4.31. The monoisotopic (exact) mass is 234 g/mol. The van der Waals surface area contributed by atoms with Gasteiger partial charge in [0, 0.05) is 23.1 Å². The SMILES string of the molecule is Cc1ccc(-n2ccc(CCN)c2)cc1Cl. The number of rotatable bonds is 3. The molecule has 16 heavy (non-hydrogen) atoms. The molecule has 0 saturated carbocycles. The van der Waals surface area contributed by atoms with Gasteiger partial charge in [-0.15, -0.1) is 0 Å². The van der Waals surface area contributed by atoms with Gasteiger partial charge in [0.05, 0.1) is 0 Å². The first kappa shape index (κ1) is 11.2. The maximum Gasteiger partial charge on any atom is 0.0464 e. The van der Waals surface area contributed by atoms with Crippen LogP contribution >= 0.6 is 11.6 Å². The van der Waals surface area contributed by atoms with E-state index in [-0.39, 0.29) is 0 Å². The standard InChI is InChI=1S/C13H15ClN2/c1-10-2-3-12(8-13(10)14)16-7-5-11(9-16)4-6-15/h2-3,5,7-9H,4,6,15H2,1H3. The van der Waals surface area contributed by atoms with Crippen molar-refractivity contribution in [3.63, 3.8) is 0 Å². The minimum atomic E-state index is 0.679. The molecule has 0 unspecified atom stereocenters. The topological polar surface area (TPSA) is 30.9 Å². The molecular weight excluding hydrogens is 220 g/mol. The molecule has 1 aromatic carbocycles. The second kappa shape index (κ2) is 4.73. The van der Waals surface area contributed by atoms with Crippen molar-refractivity contribution in [3.05, 3.63) is 52.8 Å². The van der Waals surface area contributed by atoms with E-state index in [0.717, 1.165) is 22.7 Å². The number of halogens is 1. The average molecular weight is 235 g/mol. The highest BCUT2D eigenvalue weighted by Gasteiger charge is 2.01. The molecule has 0 saturated heterocycles. The molecule has 1 heterocycles. The van der Waals surface area contributed by atoms with Gasteiger partial charge in [0.15, 0.2) is 0 Å². The van der Waals surface area contributed by atoms with E-state index >= 15 is 0 Å². The molecule has 84 valence electrons. The Morgan fingerprint density at radius 1 is 1.31 bits per heavy atom. The number of hydrogen-bond donors (Lipinski definition) is 1. The summed E-state index contributed by atoms with van der Waals surface area (Å²) in [5, 5.41) is 0.798. The van der Waals surface area contributed by atoms with Crippen molar-refractivity contribution in [1.82, 2.24) is 4.57 Å². The van der Waals surface area contributed by atoms with E-state index in [0.29, 0.717) is 6.54 Å². The summed E-state index contributed by atoms with van der Waals surface area (Å²) in [5.41, 5.74) is 8.95. The highest BCUT2D eigenvalue weighted by atomic mass is 35.5. The predicted molar refractivity (Wildman–Crippen MR) is 68.3 cm³/mol. The van der Waals surface area contributed by atoms with Crippen molar-refractivity contribution >= 4 is 11.6 Å². The number of nitrogens with zero attached hydrogens (tertiary/aromatic N) is 1. The largest absolute Gasteiger partial charge is 0.330 e. The van der Waals surface area contributed by atoms with Crippen molar-refractivity contribution in [3.8, 4) is 5.69 Å². The third-order valence-electron chi connectivity index (χ3n) is 2.64. The normalized spacial score (nSPS) is 10.7. The van der Waals surface area contributed by atoms with Gasteiger partial charge in [0.25, 0.3) is 0 Å². The number of hydrogen-bond acceptors (Lipinski definition) is 1. The number of aryl methyl sites for hydroxylation is 1. The quantitative estimate of drug-likeness (QED) is 0.870. The minimum Gasteiger partial charge on any atom is -0.330 e. The zero-order valence-corrected chi connectivity index (χ0v) is 10.0. The molecule has 0 aliphatic rings. The van der Waals surface area contributed by atoms with Crippen LogP contribution in [0.4, 0.5) is 0 Å². The van der Waals surface area contributed by atoms with E-state index in [9.17, 15) is 0 Å².